The maximum atomic E-state index is 11.7. The Morgan fingerprint density at radius 3 is 2.80 bits per heavy atom. The zero-order chi connectivity index (χ0) is 15.0. The fourth-order valence-corrected chi connectivity index (χ4v) is 1.68. The Morgan fingerprint density at radius 1 is 1.40 bits per heavy atom. The Balaban J connectivity index is 2.66. The highest BCUT2D eigenvalue weighted by atomic mass is 16.4. The van der Waals surface area contributed by atoms with E-state index in [1.54, 1.807) is 11.9 Å². The van der Waals surface area contributed by atoms with Crippen LogP contribution in [0.2, 0.25) is 0 Å². The molecule has 0 unspecified atom stereocenters. The van der Waals surface area contributed by atoms with Gasteiger partial charge in [-0.25, -0.2) is 9.59 Å². The molecule has 0 heterocycles. The van der Waals surface area contributed by atoms with Gasteiger partial charge in [-0.05, 0) is 29.7 Å². The lowest BCUT2D eigenvalue weighted by molar-refractivity contribution is -0.131. The van der Waals surface area contributed by atoms with Gasteiger partial charge in [0.2, 0.25) is 0 Å². The average molecular weight is 276 g/mol. The van der Waals surface area contributed by atoms with Gasteiger partial charge in [0, 0.05) is 26.2 Å². The highest BCUT2D eigenvalue weighted by Gasteiger charge is 2.07. The van der Waals surface area contributed by atoms with Crippen LogP contribution in [0.3, 0.4) is 0 Å². The highest BCUT2D eigenvalue weighted by Crippen LogP contribution is 2.09. The van der Waals surface area contributed by atoms with E-state index in [9.17, 15) is 9.59 Å². The highest BCUT2D eigenvalue weighted by molar-refractivity contribution is 5.85. The molecule has 5 nitrogen and oxygen atoms in total. The molecule has 0 aromatic heterocycles. The number of carboxylic acids is 1. The number of carbonyl (C=O) groups is 2. The van der Waals surface area contributed by atoms with E-state index in [0.717, 1.165) is 23.6 Å². The summed E-state index contributed by atoms with van der Waals surface area (Å²) >= 11 is 0. The molecular weight excluding hydrogens is 256 g/mol. The third-order valence-electron chi connectivity index (χ3n) is 2.66. The van der Waals surface area contributed by atoms with Crippen molar-refractivity contribution in [2.75, 3.05) is 13.6 Å². The quantitative estimate of drug-likeness (QED) is 0.783. The summed E-state index contributed by atoms with van der Waals surface area (Å²) in [6, 6.07) is 7.32. The Hall–Kier alpha value is -2.30. The Kier molecular flexibility index (Phi) is 6.29. The number of nitrogens with one attached hydrogen (secondary N) is 1. The normalized spacial score (nSPS) is 10.5. The van der Waals surface area contributed by atoms with Crippen molar-refractivity contribution in [1.29, 1.82) is 0 Å². The smallest absolute Gasteiger partial charge is 0.328 e. The van der Waals surface area contributed by atoms with Crippen LogP contribution in [0.4, 0.5) is 4.79 Å². The third-order valence-corrected chi connectivity index (χ3v) is 2.66. The zero-order valence-corrected chi connectivity index (χ0v) is 11.8. The number of aliphatic carboxylic acids is 1. The molecular formula is C15H20N2O3. The van der Waals surface area contributed by atoms with E-state index in [4.69, 9.17) is 5.11 Å². The second kappa shape index (κ2) is 7.99. The lowest BCUT2D eigenvalue weighted by Gasteiger charge is -2.18. The lowest BCUT2D eigenvalue weighted by atomic mass is 10.1. The van der Waals surface area contributed by atoms with E-state index < -0.39 is 5.97 Å². The van der Waals surface area contributed by atoms with E-state index in [-0.39, 0.29) is 6.03 Å². The average Bonchev–Trinajstić information content (AvgIpc) is 2.42. The van der Waals surface area contributed by atoms with Gasteiger partial charge in [-0.15, -0.1) is 0 Å². The summed E-state index contributed by atoms with van der Waals surface area (Å²) in [5.41, 5.74) is 1.75. The monoisotopic (exact) mass is 276 g/mol. The second-order valence-electron chi connectivity index (χ2n) is 4.50. The Bertz CT molecular complexity index is 498. The van der Waals surface area contributed by atoms with Crippen LogP contribution < -0.4 is 5.32 Å². The van der Waals surface area contributed by atoms with Gasteiger partial charge < -0.3 is 15.3 Å². The molecule has 1 aromatic carbocycles. The fraction of sp³-hybridized carbons (Fsp3) is 0.333. The van der Waals surface area contributed by atoms with Crippen LogP contribution in [0.1, 0.15) is 24.5 Å². The maximum absolute atomic E-state index is 11.7. The first-order valence-corrected chi connectivity index (χ1v) is 6.52. The predicted molar refractivity (Wildman–Crippen MR) is 78.3 cm³/mol. The van der Waals surface area contributed by atoms with Gasteiger partial charge in [-0.1, -0.05) is 25.1 Å². The van der Waals surface area contributed by atoms with Crippen molar-refractivity contribution in [2.45, 2.75) is 19.9 Å². The summed E-state index contributed by atoms with van der Waals surface area (Å²) in [7, 11) is 1.73. The molecule has 0 bridgehead atoms. The molecule has 0 aliphatic heterocycles. The first-order valence-electron chi connectivity index (χ1n) is 6.52. The molecule has 0 aliphatic rings. The number of hydrogen-bond donors (Lipinski definition) is 2. The fourth-order valence-electron chi connectivity index (χ4n) is 1.68. The molecule has 0 atom stereocenters. The molecule has 0 fully saturated rings. The van der Waals surface area contributed by atoms with Crippen molar-refractivity contribution in [3.63, 3.8) is 0 Å². The molecule has 0 radical (unpaired) electrons. The van der Waals surface area contributed by atoms with Gasteiger partial charge in [0.05, 0.1) is 0 Å². The van der Waals surface area contributed by atoms with Gasteiger partial charge in [0.15, 0.2) is 0 Å². The minimum atomic E-state index is -0.980. The van der Waals surface area contributed by atoms with Crippen LogP contribution in [0.25, 0.3) is 6.08 Å². The molecule has 0 saturated carbocycles. The molecule has 108 valence electrons. The zero-order valence-electron chi connectivity index (χ0n) is 11.8. The molecule has 0 aliphatic carbocycles. The number of benzene rings is 1. The first kappa shape index (κ1) is 15.8. The number of amides is 2. The minimum Gasteiger partial charge on any atom is -0.478 e. The standard InChI is InChI=1S/C15H20N2O3/c1-3-9-16-15(20)17(2)11-13-6-4-5-12(10-13)7-8-14(18)19/h4-8,10H,3,9,11H2,1-2H3,(H,16,20)(H,18,19). The third kappa shape index (κ3) is 5.56. The first-order chi connectivity index (χ1) is 9.52. The van der Waals surface area contributed by atoms with Crippen LogP contribution in [-0.4, -0.2) is 35.6 Å². The summed E-state index contributed by atoms with van der Waals surface area (Å²) in [6.45, 7) is 3.13. The number of nitrogens with zero attached hydrogens (tertiary/aromatic N) is 1. The summed E-state index contributed by atoms with van der Waals surface area (Å²) in [5.74, 6) is -0.980. The van der Waals surface area contributed by atoms with E-state index in [2.05, 4.69) is 5.32 Å². The molecule has 1 aromatic rings. The van der Waals surface area contributed by atoms with Crippen LogP contribution in [0.5, 0.6) is 0 Å². The number of rotatable bonds is 6. The summed E-state index contributed by atoms with van der Waals surface area (Å²) in [6.07, 6.45) is 3.52. The van der Waals surface area contributed by atoms with Crippen molar-refractivity contribution >= 4 is 18.1 Å². The largest absolute Gasteiger partial charge is 0.478 e. The Morgan fingerprint density at radius 2 is 2.15 bits per heavy atom. The molecule has 20 heavy (non-hydrogen) atoms. The van der Waals surface area contributed by atoms with Gasteiger partial charge in [-0.3, -0.25) is 0 Å². The van der Waals surface area contributed by atoms with E-state index in [1.165, 1.54) is 6.08 Å². The van der Waals surface area contributed by atoms with Crippen molar-refractivity contribution in [2.24, 2.45) is 0 Å². The van der Waals surface area contributed by atoms with E-state index in [0.29, 0.717) is 13.1 Å². The summed E-state index contributed by atoms with van der Waals surface area (Å²) < 4.78 is 0. The SMILES string of the molecule is CCCNC(=O)N(C)Cc1cccc(C=CC(=O)O)c1. The molecule has 5 heteroatoms. The molecule has 0 spiro atoms. The van der Waals surface area contributed by atoms with Crippen molar-refractivity contribution in [3.8, 4) is 0 Å². The number of urea groups is 1. The van der Waals surface area contributed by atoms with Gasteiger partial charge >= 0.3 is 12.0 Å². The Labute approximate surface area is 118 Å². The van der Waals surface area contributed by atoms with Crippen LogP contribution in [-0.2, 0) is 11.3 Å². The molecule has 1 rings (SSSR count). The van der Waals surface area contributed by atoms with Crippen LogP contribution in [0.15, 0.2) is 30.3 Å². The van der Waals surface area contributed by atoms with Crippen molar-refractivity contribution in [1.82, 2.24) is 10.2 Å². The van der Waals surface area contributed by atoms with Gasteiger partial charge in [0.25, 0.3) is 0 Å². The summed E-state index contributed by atoms with van der Waals surface area (Å²) in [5, 5.41) is 11.4. The van der Waals surface area contributed by atoms with E-state index >= 15 is 0 Å². The molecule has 0 saturated heterocycles. The maximum Gasteiger partial charge on any atom is 0.328 e. The van der Waals surface area contributed by atoms with Crippen LogP contribution >= 0.6 is 0 Å². The molecule has 2 amide bonds. The van der Waals surface area contributed by atoms with Crippen molar-refractivity contribution < 1.29 is 14.7 Å². The predicted octanol–water partition coefficient (Wildman–Crippen LogP) is 2.34. The topological polar surface area (TPSA) is 69.6 Å². The summed E-state index contributed by atoms with van der Waals surface area (Å²) in [4.78, 5) is 23.8. The van der Waals surface area contributed by atoms with Crippen LogP contribution in [0, 0.1) is 0 Å². The lowest BCUT2D eigenvalue weighted by Crippen LogP contribution is -2.37. The van der Waals surface area contributed by atoms with Gasteiger partial charge in [0.1, 0.15) is 0 Å². The van der Waals surface area contributed by atoms with Gasteiger partial charge in [-0.2, -0.15) is 0 Å². The molecule has 2 N–H and O–H groups in total. The van der Waals surface area contributed by atoms with E-state index in [1.807, 2.05) is 31.2 Å². The second-order valence-corrected chi connectivity index (χ2v) is 4.50. The minimum absolute atomic E-state index is 0.113. The number of carbonyl (C=O) groups excluding carboxylic acids is 1. The number of carboxylic acid groups (broad SMARTS) is 1. The number of hydrogen-bond acceptors (Lipinski definition) is 2. The van der Waals surface area contributed by atoms with Crippen molar-refractivity contribution in [3.05, 3.63) is 41.5 Å².